The van der Waals surface area contributed by atoms with E-state index in [1.165, 1.54) is 22.8 Å². The van der Waals surface area contributed by atoms with Gasteiger partial charge < -0.3 is 14.1 Å². The Morgan fingerprint density at radius 3 is 2.54 bits per heavy atom. The molecule has 1 aliphatic rings. The van der Waals surface area contributed by atoms with E-state index in [0.717, 1.165) is 29.2 Å². The van der Waals surface area contributed by atoms with E-state index in [4.69, 9.17) is 9.15 Å². The van der Waals surface area contributed by atoms with E-state index in [-0.39, 0.29) is 34.8 Å². The molecule has 0 saturated carbocycles. The quantitative estimate of drug-likeness (QED) is 0.295. The lowest BCUT2D eigenvalue weighted by Gasteiger charge is -2.25. The molecule has 2 aromatic carbocycles. The third kappa shape index (κ3) is 5.49. The molecule has 0 amide bonds. The molecule has 0 fully saturated rings. The Labute approximate surface area is 237 Å². The molecular formula is C30H26F3N3O4S. The van der Waals surface area contributed by atoms with E-state index in [1.54, 1.807) is 26.0 Å². The van der Waals surface area contributed by atoms with Crippen molar-refractivity contribution in [1.29, 1.82) is 0 Å². The molecule has 212 valence electrons. The van der Waals surface area contributed by atoms with Gasteiger partial charge >= 0.3 is 12.1 Å². The maximum atomic E-state index is 13.8. The van der Waals surface area contributed by atoms with Gasteiger partial charge in [-0.1, -0.05) is 35.6 Å². The van der Waals surface area contributed by atoms with Gasteiger partial charge in [0.25, 0.3) is 5.56 Å². The Balaban J connectivity index is 1.60. The molecule has 3 heterocycles. The summed E-state index contributed by atoms with van der Waals surface area (Å²) in [5, 5.41) is 0. The van der Waals surface area contributed by atoms with Crippen LogP contribution in [0.4, 0.5) is 18.9 Å². The lowest BCUT2D eigenvalue weighted by molar-refractivity contribution is -0.139. The Morgan fingerprint density at radius 1 is 1.15 bits per heavy atom. The highest BCUT2D eigenvalue weighted by atomic mass is 32.1. The van der Waals surface area contributed by atoms with E-state index in [1.807, 2.05) is 43.3 Å². The number of rotatable bonds is 6. The van der Waals surface area contributed by atoms with Crippen molar-refractivity contribution in [3.05, 3.63) is 109 Å². The van der Waals surface area contributed by atoms with Crippen LogP contribution < -0.4 is 19.8 Å². The lowest BCUT2D eigenvalue weighted by atomic mass is 9.95. The molecule has 41 heavy (non-hydrogen) atoms. The predicted molar refractivity (Wildman–Crippen MR) is 150 cm³/mol. The van der Waals surface area contributed by atoms with Crippen LogP contribution in [0.2, 0.25) is 0 Å². The van der Waals surface area contributed by atoms with Crippen molar-refractivity contribution in [2.24, 2.45) is 4.99 Å². The molecule has 2 aromatic heterocycles. The Kier molecular flexibility index (Phi) is 7.48. The fraction of sp³-hybridized carbons (Fsp3) is 0.233. The van der Waals surface area contributed by atoms with Crippen molar-refractivity contribution in [2.75, 3.05) is 25.6 Å². The number of furan rings is 1. The van der Waals surface area contributed by atoms with Crippen LogP contribution in [-0.4, -0.2) is 31.2 Å². The lowest BCUT2D eigenvalue weighted by Crippen LogP contribution is -2.39. The molecule has 0 saturated heterocycles. The van der Waals surface area contributed by atoms with Gasteiger partial charge in [-0.05, 0) is 55.8 Å². The molecule has 0 bridgehead atoms. The zero-order valence-electron chi connectivity index (χ0n) is 22.7. The first-order chi connectivity index (χ1) is 19.5. The molecule has 5 rings (SSSR count). The number of halogens is 3. The van der Waals surface area contributed by atoms with Crippen molar-refractivity contribution < 1.29 is 27.1 Å². The molecule has 1 atom stereocenters. The number of hydrogen-bond donors (Lipinski definition) is 0. The largest absolute Gasteiger partial charge is 0.463 e. The van der Waals surface area contributed by atoms with Gasteiger partial charge in [-0.15, -0.1) is 0 Å². The number of ether oxygens (including phenoxy) is 1. The minimum atomic E-state index is -4.48. The summed E-state index contributed by atoms with van der Waals surface area (Å²) in [6.45, 7) is 3.58. The fourth-order valence-electron chi connectivity index (χ4n) is 4.63. The topological polar surface area (TPSA) is 77.0 Å². The van der Waals surface area contributed by atoms with Gasteiger partial charge in [0.15, 0.2) is 4.80 Å². The summed E-state index contributed by atoms with van der Waals surface area (Å²) in [4.78, 5) is 33.7. The number of aromatic nitrogens is 1. The maximum absolute atomic E-state index is 13.8. The highest BCUT2D eigenvalue weighted by molar-refractivity contribution is 7.07. The van der Waals surface area contributed by atoms with Gasteiger partial charge in [-0.2, -0.15) is 13.2 Å². The van der Waals surface area contributed by atoms with Crippen LogP contribution >= 0.6 is 11.3 Å². The number of carbonyl (C=O) groups is 1. The highest BCUT2D eigenvalue weighted by Crippen LogP contribution is 2.33. The van der Waals surface area contributed by atoms with Crippen LogP contribution in [0.15, 0.2) is 86.1 Å². The molecular weight excluding hydrogens is 555 g/mol. The Bertz CT molecular complexity index is 1830. The van der Waals surface area contributed by atoms with E-state index >= 15 is 0 Å². The average molecular weight is 582 g/mol. The highest BCUT2D eigenvalue weighted by Gasteiger charge is 2.33. The van der Waals surface area contributed by atoms with Crippen molar-refractivity contribution >= 4 is 29.1 Å². The number of anilines is 1. The molecule has 1 aliphatic heterocycles. The number of fused-ring (bicyclic) bond motifs is 1. The third-order valence-corrected chi connectivity index (χ3v) is 7.60. The molecule has 0 radical (unpaired) electrons. The van der Waals surface area contributed by atoms with E-state index in [0.29, 0.717) is 20.6 Å². The fourth-order valence-corrected chi connectivity index (χ4v) is 5.65. The average Bonchev–Trinajstić information content (AvgIpc) is 3.52. The first kappa shape index (κ1) is 28.2. The molecule has 0 aliphatic carbocycles. The summed E-state index contributed by atoms with van der Waals surface area (Å²) >= 11 is 1.13. The molecule has 0 spiro atoms. The summed E-state index contributed by atoms with van der Waals surface area (Å²) in [5.74, 6) is -0.0354. The minimum Gasteiger partial charge on any atom is -0.463 e. The van der Waals surface area contributed by atoms with Gasteiger partial charge in [0, 0.05) is 31.4 Å². The van der Waals surface area contributed by atoms with E-state index in [2.05, 4.69) is 4.99 Å². The van der Waals surface area contributed by atoms with Gasteiger partial charge in [-0.25, -0.2) is 9.79 Å². The summed E-state index contributed by atoms with van der Waals surface area (Å²) in [5.41, 5.74) is 1.47. The summed E-state index contributed by atoms with van der Waals surface area (Å²) in [7, 11) is 3.83. The molecule has 7 nitrogen and oxygen atoms in total. The number of benzene rings is 2. The summed E-state index contributed by atoms with van der Waals surface area (Å²) in [6.07, 6.45) is -2.96. The number of alkyl halides is 3. The molecule has 4 aromatic rings. The number of nitrogens with zero attached hydrogens (tertiary/aromatic N) is 3. The second-order valence-electron chi connectivity index (χ2n) is 9.57. The predicted octanol–water partition coefficient (Wildman–Crippen LogP) is 5.14. The Hall–Kier alpha value is -4.38. The Morgan fingerprint density at radius 2 is 1.88 bits per heavy atom. The maximum Gasteiger partial charge on any atom is 0.416 e. The van der Waals surface area contributed by atoms with Crippen LogP contribution in [0.3, 0.4) is 0 Å². The number of carbonyl (C=O) groups excluding carboxylic acids is 1. The summed E-state index contributed by atoms with van der Waals surface area (Å²) in [6, 6.07) is 14.7. The van der Waals surface area contributed by atoms with Crippen molar-refractivity contribution in [3.63, 3.8) is 0 Å². The van der Waals surface area contributed by atoms with Crippen molar-refractivity contribution in [2.45, 2.75) is 26.1 Å². The molecule has 11 heteroatoms. The van der Waals surface area contributed by atoms with E-state index in [9.17, 15) is 22.8 Å². The first-order valence-corrected chi connectivity index (χ1v) is 13.5. The SMILES string of the molecule is CCOC(=O)C1=C(C)N=c2s/c(=C\c3ccc(-c4cccc(C(F)(F)F)c4)o3)c(=O)n2[C@@H]1c1ccc(N(C)C)cc1. The van der Waals surface area contributed by atoms with Gasteiger partial charge in [0.1, 0.15) is 11.5 Å². The molecule has 0 unspecified atom stereocenters. The number of esters is 1. The second-order valence-corrected chi connectivity index (χ2v) is 10.6. The first-order valence-electron chi connectivity index (χ1n) is 12.7. The number of allylic oxidation sites excluding steroid dienone is 1. The van der Waals surface area contributed by atoms with Gasteiger partial charge in [0.05, 0.1) is 34.0 Å². The van der Waals surface area contributed by atoms with Crippen LogP contribution in [0.5, 0.6) is 0 Å². The number of hydrogen-bond acceptors (Lipinski definition) is 7. The van der Waals surface area contributed by atoms with Crippen LogP contribution in [-0.2, 0) is 15.7 Å². The third-order valence-electron chi connectivity index (χ3n) is 6.62. The molecule has 0 N–H and O–H groups in total. The summed E-state index contributed by atoms with van der Waals surface area (Å²) < 4.78 is 52.4. The normalized spacial score (nSPS) is 15.5. The smallest absolute Gasteiger partial charge is 0.416 e. The zero-order chi connectivity index (χ0) is 29.5. The van der Waals surface area contributed by atoms with E-state index < -0.39 is 23.8 Å². The van der Waals surface area contributed by atoms with Crippen LogP contribution in [0.25, 0.3) is 17.4 Å². The zero-order valence-corrected chi connectivity index (χ0v) is 23.5. The van der Waals surface area contributed by atoms with Crippen LogP contribution in [0.1, 0.15) is 36.8 Å². The van der Waals surface area contributed by atoms with Gasteiger partial charge in [-0.3, -0.25) is 9.36 Å². The standard InChI is InChI=1S/C30H26F3N3O4S/c1-5-39-28(38)25-17(2)34-29-36(26(25)18-9-11-21(12-10-18)35(3)4)27(37)24(41-29)16-22-13-14-23(40-22)19-7-6-8-20(15-19)30(31,32)33/h6-16,26H,5H2,1-4H3/b24-16-/t26-/m1/s1. The number of thiazole rings is 1. The minimum absolute atomic E-state index is 0.166. The van der Waals surface area contributed by atoms with Gasteiger partial charge in [0.2, 0.25) is 0 Å². The van der Waals surface area contributed by atoms with Crippen molar-refractivity contribution in [1.82, 2.24) is 4.57 Å². The second kappa shape index (κ2) is 10.9. The van der Waals surface area contributed by atoms with Crippen LogP contribution in [0, 0.1) is 0 Å². The monoisotopic (exact) mass is 581 g/mol. The van der Waals surface area contributed by atoms with Crippen molar-refractivity contribution in [3.8, 4) is 11.3 Å².